The molecule has 0 aliphatic carbocycles. The summed E-state index contributed by atoms with van der Waals surface area (Å²) in [6.45, 7) is 2.17. The van der Waals surface area contributed by atoms with Crippen LogP contribution in [0.3, 0.4) is 0 Å². The zero-order valence-electron chi connectivity index (χ0n) is 11.8. The number of aryl methyl sites for hydroxylation is 1. The van der Waals surface area contributed by atoms with Gasteiger partial charge in [0, 0.05) is 29.7 Å². The highest BCUT2D eigenvalue weighted by atomic mass is 32.2. The van der Waals surface area contributed by atoms with Crippen LogP contribution in [-0.4, -0.2) is 38.8 Å². The third kappa shape index (κ3) is 4.81. The van der Waals surface area contributed by atoms with Gasteiger partial charge in [0.15, 0.2) is 0 Å². The molecule has 0 unspecified atom stereocenters. The minimum absolute atomic E-state index is 0.887. The zero-order chi connectivity index (χ0) is 14.2. The van der Waals surface area contributed by atoms with Gasteiger partial charge in [-0.15, -0.1) is 16.9 Å². The second kappa shape index (κ2) is 8.28. The molecule has 1 heterocycles. The van der Waals surface area contributed by atoms with Crippen LogP contribution in [0.1, 0.15) is 12.0 Å². The maximum Gasteiger partial charge on any atom is 0.209 e. The van der Waals surface area contributed by atoms with E-state index in [1.54, 1.807) is 28.2 Å². The number of nitrogens with two attached hydrogens (primary N) is 1. The quantitative estimate of drug-likeness (QED) is 0.586. The molecule has 0 bridgehead atoms. The Balaban J connectivity index is 1.58. The molecule has 0 aliphatic rings. The number of tetrazole rings is 1. The number of thioether (sulfide) groups is 2. The van der Waals surface area contributed by atoms with Gasteiger partial charge in [-0.3, -0.25) is 0 Å². The van der Waals surface area contributed by atoms with Crippen LogP contribution < -0.4 is 5.32 Å². The molecule has 1 aromatic heterocycles. The summed E-state index contributed by atoms with van der Waals surface area (Å²) in [6.07, 6.45) is 3.26. The van der Waals surface area contributed by atoms with Crippen LogP contribution in [-0.2, 0) is 13.6 Å². The highest BCUT2D eigenvalue weighted by Gasteiger charge is 2.02. The number of benzene rings is 1. The molecule has 2 rings (SSSR count). The highest BCUT2D eigenvalue weighted by Crippen LogP contribution is 2.14. The summed E-state index contributed by atoms with van der Waals surface area (Å²) in [4.78, 5) is 1.32. The van der Waals surface area contributed by atoms with Gasteiger partial charge < -0.3 is 5.32 Å². The van der Waals surface area contributed by atoms with Crippen molar-refractivity contribution in [1.29, 1.82) is 0 Å². The molecule has 0 fully saturated rings. The Morgan fingerprint density at radius 2 is 2.05 bits per heavy atom. The molecule has 5 nitrogen and oxygen atoms in total. The Hall–Kier alpha value is -1.05. The molecule has 0 saturated heterocycles. The van der Waals surface area contributed by atoms with E-state index in [2.05, 4.69) is 51.4 Å². The molecule has 108 valence electrons. The molecule has 0 amide bonds. The van der Waals surface area contributed by atoms with Crippen molar-refractivity contribution in [2.24, 2.45) is 7.05 Å². The largest absolute Gasteiger partial charge is 0.342 e. The molecule has 2 N–H and O–H groups in total. The fraction of sp³-hybridized carbons (Fsp3) is 0.462. The van der Waals surface area contributed by atoms with Crippen molar-refractivity contribution >= 4 is 23.5 Å². The molecule has 7 heteroatoms. The van der Waals surface area contributed by atoms with E-state index in [9.17, 15) is 0 Å². The fourth-order valence-corrected chi connectivity index (χ4v) is 2.98. The van der Waals surface area contributed by atoms with Crippen LogP contribution in [0.4, 0.5) is 0 Å². The summed E-state index contributed by atoms with van der Waals surface area (Å²) in [7, 11) is 1.87. The summed E-state index contributed by atoms with van der Waals surface area (Å²) < 4.78 is 1.71. The lowest BCUT2D eigenvalue weighted by atomic mass is 10.2. The van der Waals surface area contributed by atoms with Gasteiger partial charge in [-0.05, 0) is 28.8 Å². The molecule has 2 aromatic rings. The highest BCUT2D eigenvalue weighted by molar-refractivity contribution is 7.99. The molecule has 20 heavy (non-hydrogen) atoms. The number of rotatable bonds is 8. The topological polar surface area (TPSA) is 60.2 Å². The fourth-order valence-electron chi connectivity index (χ4n) is 1.76. The molecule has 1 aromatic carbocycles. The van der Waals surface area contributed by atoms with E-state index in [1.165, 1.54) is 10.5 Å². The predicted molar refractivity (Wildman–Crippen MR) is 82.9 cm³/mol. The van der Waals surface area contributed by atoms with Crippen LogP contribution in [0.2, 0.25) is 0 Å². The van der Waals surface area contributed by atoms with E-state index >= 15 is 0 Å². The van der Waals surface area contributed by atoms with Crippen LogP contribution in [0.5, 0.6) is 0 Å². The number of aromatic nitrogens is 4. The Morgan fingerprint density at radius 3 is 2.70 bits per heavy atom. The van der Waals surface area contributed by atoms with Crippen molar-refractivity contribution < 1.29 is 5.32 Å². The van der Waals surface area contributed by atoms with Crippen molar-refractivity contribution in [3.63, 3.8) is 0 Å². The van der Waals surface area contributed by atoms with E-state index in [1.807, 2.05) is 7.05 Å². The van der Waals surface area contributed by atoms with Gasteiger partial charge in [0.2, 0.25) is 5.16 Å². The molecule has 0 radical (unpaired) electrons. The Labute approximate surface area is 127 Å². The summed E-state index contributed by atoms with van der Waals surface area (Å²) in [6, 6.07) is 8.79. The molecule has 0 aliphatic heterocycles. The third-order valence-corrected chi connectivity index (χ3v) is 4.74. The minimum Gasteiger partial charge on any atom is -0.342 e. The number of hydrogen-bond donors (Lipinski definition) is 1. The van der Waals surface area contributed by atoms with E-state index in [0.29, 0.717) is 0 Å². The molecule has 0 atom stereocenters. The zero-order valence-corrected chi connectivity index (χ0v) is 13.5. The molecular formula is C13H20N5S2+. The summed E-state index contributed by atoms with van der Waals surface area (Å²) in [5.41, 5.74) is 1.38. The van der Waals surface area contributed by atoms with Gasteiger partial charge in [0.1, 0.15) is 6.54 Å². The summed E-state index contributed by atoms with van der Waals surface area (Å²) in [5.74, 6) is 1.05. The van der Waals surface area contributed by atoms with E-state index in [0.717, 1.165) is 30.4 Å². The van der Waals surface area contributed by atoms with Crippen molar-refractivity contribution in [2.75, 3.05) is 18.6 Å². The van der Waals surface area contributed by atoms with Crippen molar-refractivity contribution in [3.8, 4) is 0 Å². The van der Waals surface area contributed by atoms with Gasteiger partial charge >= 0.3 is 0 Å². The maximum absolute atomic E-state index is 3.95. The van der Waals surface area contributed by atoms with Crippen LogP contribution in [0.25, 0.3) is 0 Å². The second-order valence-electron chi connectivity index (χ2n) is 4.42. The molecular weight excluding hydrogens is 290 g/mol. The first-order valence-corrected chi connectivity index (χ1v) is 8.80. The van der Waals surface area contributed by atoms with Gasteiger partial charge in [0.25, 0.3) is 0 Å². The Morgan fingerprint density at radius 1 is 1.25 bits per heavy atom. The van der Waals surface area contributed by atoms with E-state index in [-0.39, 0.29) is 0 Å². The minimum atomic E-state index is 0.887. The second-order valence-corrected chi connectivity index (χ2v) is 6.36. The maximum atomic E-state index is 3.95. The lowest BCUT2D eigenvalue weighted by molar-refractivity contribution is -0.670. The first-order valence-electron chi connectivity index (χ1n) is 6.59. The number of hydrogen-bond acceptors (Lipinski definition) is 5. The molecule has 0 saturated carbocycles. The Bertz CT molecular complexity index is 512. The number of nitrogens with zero attached hydrogens (tertiary/aromatic N) is 4. The lowest BCUT2D eigenvalue weighted by Gasteiger charge is -2.03. The van der Waals surface area contributed by atoms with Crippen LogP contribution >= 0.6 is 23.5 Å². The summed E-state index contributed by atoms with van der Waals surface area (Å²) >= 11 is 3.49. The normalized spacial score (nSPS) is 10.9. The monoisotopic (exact) mass is 310 g/mol. The SMILES string of the molecule is CSc1ccc(C[NH2+]CCCSc2nnnn2C)cc1. The third-order valence-electron chi connectivity index (χ3n) is 2.90. The standard InChI is InChI=1S/C13H19N5S2/c1-18-13(15-16-17-18)20-9-3-8-14-10-11-4-6-12(19-2)7-5-11/h4-7,14H,3,8-10H2,1-2H3/p+1. The number of quaternary nitrogens is 1. The van der Waals surface area contributed by atoms with Crippen molar-refractivity contribution in [1.82, 2.24) is 20.2 Å². The lowest BCUT2D eigenvalue weighted by Crippen LogP contribution is -2.82. The van der Waals surface area contributed by atoms with E-state index in [4.69, 9.17) is 0 Å². The van der Waals surface area contributed by atoms with Crippen molar-refractivity contribution in [3.05, 3.63) is 29.8 Å². The van der Waals surface area contributed by atoms with E-state index < -0.39 is 0 Å². The predicted octanol–water partition coefficient (Wildman–Crippen LogP) is 1.18. The average molecular weight is 310 g/mol. The van der Waals surface area contributed by atoms with Crippen molar-refractivity contribution in [2.45, 2.75) is 23.0 Å². The molecule has 0 spiro atoms. The van der Waals surface area contributed by atoms with Gasteiger partial charge in [-0.1, -0.05) is 23.9 Å². The van der Waals surface area contributed by atoms with Crippen LogP contribution in [0.15, 0.2) is 34.3 Å². The first-order chi connectivity index (χ1) is 9.79. The summed E-state index contributed by atoms with van der Waals surface area (Å²) in [5, 5.41) is 14.6. The van der Waals surface area contributed by atoms with Gasteiger partial charge in [0.05, 0.1) is 6.54 Å². The van der Waals surface area contributed by atoms with Gasteiger partial charge in [-0.25, -0.2) is 4.68 Å². The van der Waals surface area contributed by atoms with Gasteiger partial charge in [-0.2, -0.15) is 0 Å². The smallest absolute Gasteiger partial charge is 0.209 e. The average Bonchev–Trinajstić information content (AvgIpc) is 2.89. The Kier molecular flexibility index (Phi) is 6.35. The first kappa shape index (κ1) is 15.3. The van der Waals surface area contributed by atoms with Crippen LogP contribution in [0, 0.1) is 0 Å².